The van der Waals surface area contributed by atoms with Crippen molar-refractivity contribution in [2.45, 2.75) is 43.6 Å². The van der Waals surface area contributed by atoms with Crippen LogP contribution in [0.5, 0.6) is 6.01 Å². The number of ether oxygens (including phenoxy) is 1. The van der Waals surface area contributed by atoms with Crippen LogP contribution >= 0.6 is 22.6 Å². The molecule has 0 radical (unpaired) electrons. The van der Waals surface area contributed by atoms with Crippen molar-refractivity contribution in [3.8, 4) is 17.4 Å². The Labute approximate surface area is 211 Å². The van der Waals surface area contributed by atoms with Crippen LogP contribution in [0.1, 0.15) is 43.3 Å². The number of aliphatic carboxylic acids is 1. The number of rotatable bonds is 9. The summed E-state index contributed by atoms with van der Waals surface area (Å²) in [6.07, 6.45) is 4.58. The Bertz CT molecular complexity index is 1150. The number of aryl methyl sites for hydroxylation is 2. The number of halogens is 1. The zero-order valence-electron chi connectivity index (χ0n) is 19.3. The highest BCUT2D eigenvalue weighted by Gasteiger charge is 2.25. The van der Waals surface area contributed by atoms with Gasteiger partial charge in [-0.25, -0.2) is 14.6 Å². The second kappa shape index (κ2) is 11.1. The summed E-state index contributed by atoms with van der Waals surface area (Å²) < 4.78 is 8.30. The van der Waals surface area contributed by atoms with Crippen LogP contribution in [0, 0.1) is 5.92 Å². The molecule has 4 heterocycles. The average Bonchev–Trinajstić information content (AvgIpc) is 3.22. The molecule has 10 nitrogen and oxygen atoms in total. The van der Waals surface area contributed by atoms with Crippen LogP contribution < -0.4 is 9.64 Å². The molecule has 1 atom stereocenters. The van der Waals surface area contributed by atoms with Crippen LogP contribution in [-0.2, 0) is 29.3 Å². The van der Waals surface area contributed by atoms with Crippen molar-refractivity contribution in [2.75, 3.05) is 18.0 Å². The fraction of sp³-hybridized carbons (Fsp3) is 0.478. The van der Waals surface area contributed by atoms with Crippen LogP contribution in [-0.4, -0.2) is 54.1 Å². The van der Waals surface area contributed by atoms with Crippen molar-refractivity contribution in [3.05, 3.63) is 41.5 Å². The minimum atomic E-state index is -0.736. The van der Waals surface area contributed by atoms with Gasteiger partial charge in [0.1, 0.15) is 18.0 Å². The van der Waals surface area contributed by atoms with E-state index in [4.69, 9.17) is 9.72 Å². The van der Waals surface area contributed by atoms with Crippen molar-refractivity contribution < 1.29 is 14.6 Å². The Morgan fingerprint density at radius 3 is 2.91 bits per heavy atom. The number of hydrogen-bond donors (Lipinski definition) is 1. The quantitative estimate of drug-likeness (QED) is 0.301. The summed E-state index contributed by atoms with van der Waals surface area (Å²) in [5.41, 5.74) is 5.10. The highest BCUT2D eigenvalue weighted by molar-refractivity contribution is 14.1. The summed E-state index contributed by atoms with van der Waals surface area (Å²) in [6, 6.07) is 6.20. The van der Waals surface area contributed by atoms with E-state index in [1.54, 1.807) is 10.9 Å². The summed E-state index contributed by atoms with van der Waals surface area (Å²) >= 11 is 2.25. The topological polar surface area (TPSA) is 119 Å². The Morgan fingerprint density at radius 2 is 2.15 bits per heavy atom. The number of nitrogens with zero attached hydrogens (tertiary/aromatic N) is 7. The lowest BCUT2D eigenvalue weighted by molar-refractivity contribution is -0.138. The van der Waals surface area contributed by atoms with Gasteiger partial charge in [0.15, 0.2) is 0 Å². The van der Waals surface area contributed by atoms with Gasteiger partial charge in [-0.15, -0.1) is 5.10 Å². The normalized spacial score (nSPS) is 16.0. The van der Waals surface area contributed by atoms with E-state index in [0.717, 1.165) is 65.2 Å². The Morgan fingerprint density at radius 1 is 1.29 bits per heavy atom. The SMILES string of the molecule is CCc1nc(-c2nnn(C)c2COc2nccc(CI)n2)ccc1N1CCCC(CC(=O)O)C1. The molecule has 1 N–H and O–H groups in total. The molecule has 1 unspecified atom stereocenters. The van der Waals surface area contributed by atoms with Crippen LogP contribution in [0.15, 0.2) is 24.4 Å². The summed E-state index contributed by atoms with van der Waals surface area (Å²) in [7, 11) is 1.82. The molecule has 0 aromatic carbocycles. The van der Waals surface area contributed by atoms with E-state index >= 15 is 0 Å². The molecule has 1 aliphatic rings. The van der Waals surface area contributed by atoms with Gasteiger partial charge in [-0.2, -0.15) is 4.98 Å². The maximum atomic E-state index is 11.2. The zero-order valence-corrected chi connectivity index (χ0v) is 21.5. The van der Waals surface area contributed by atoms with Gasteiger partial charge >= 0.3 is 12.0 Å². The number of alkyl halides is 1. The van der Waals surface area contributed by atoms with E-state index < -0.39 is 5.97 Å². The van der Waals surface area contributed by atoms with Crippen LogP contribution in [0.25, 0.3) is 11.4 Å². The largest absolute Gasteiger partial charge is 0.481 e. The third-order valence-electron chi connectivity index (χ3n) is 5.96. The fourth-order valence-electron chi connectivity index (χ4n) is 4.26. The maximum Gasteiger partial charge on any atom is 0.316 e. The van der Waals surface area contributed by atoms with Crippen LogP contribution in [0.4, 0.5) is 5.69 Å². The molecule has 11 heteroatoms. The number of anilines is 1. The van der Waals surface area contributed by atoms with Crippen LogP contribution in [0.2, 0.25) is 0 Å². The van der Waals surface area contributed by atoms with Crippen molar-refractivity contribution in [1.82, 2.24) is 29.9 Å². The van der Waals surface area contributed by atoms with Gasteiger partial charge in [-0.05, 0) is 43.4 Å². The number of carboxylic acid groups (broad SMARTS) is 1. The first-order valence-electron chi connectivity index (χ1n) is 11.3. The van der Waals surface area contributed by atoms with Crippen LogP contribution in [0.3, 0.4) is 0 Å². The predicted molar refractivity (Wildman–Crippen MR) is 135 cm³/mol. The van der Waals surface area contributed by atoms with Gasteiger partial charge in [-0.1, -0.05) is 34.7 Å². The van der Waals surface area contributed by atoms with Gasteiger partial charge < -0.3 is 14.7 Å². The highest BCUT2D eigenvalue weighted by atomic mass is 127. The number of carbonyl (C=O) groups is 1. The molecule has 0 saturated carbocycles. The van der Waals surface area contributed by atoms with Crippen molar-refractivity contribution >= 4 is 34.2 Å². The first kappa shape index (κ1) is 24.3. The van der Waals surface area contributed by atoms with Crippen molar-refractivity contribution in [3.63, 3.8) is 0 Å². The van der Waals surface area contributed by atoms with E-state index in [1.807, 2.05) is 19.2 Å². The minimum Gasteiger partial charge on any atom is -0.481 e. The lowest BCUT2D eigenvalue weighted by atomic mass is 9.94. The summed E-state index contributed by atoms with van der Waals surface area (Å²) in [5, 5.41) is 17.7. The Kier molecular flexibility index (Phi) is 7.91. The second-order valence-corrected chi connectivity index (χ2v) is 9.09. The molecule has 0 spiro atoms. The number of carboxylic acids is 1. The minimum absolute atomic E-state index is 0.160. The van der Waals surface area contributed by atoms with E-state index in [1.165, 1.54) is 0 Å². The molecule has 1 aliphatic heterocycles. The number of hydrogen-bond acceptors (Lipinski definition) is 8. The van der Waals surface area contributed by atoms with Gasteiger partial charge in [0, 0.05) is 37.2 Å². The molecule has 0 aliphatic carbocycles. The molecule has 3 aromatic heterocycles. The van der Waals surface area contributed by atoms with Gasteiger partial charge in [0.05, 0.1) is 22.8 Å². The zero-order chi connectivity index (χ0) is 24.1. The smallest absolute Gasteiger partial charge is 0.316 e. The van der Waals surface area contributed by atoms with Gasteiger partial charge in [0.25, 0.3) is 0 Å². The molecular formula is C23H28IN7O3. The summed E-state index contributed by atoms with van der Waals surface area (Å²) in [5.74, 6) is -0.577. The van der Waals surface area contributed by atoms with Crippen molar-refractivity contribution in [2.24, 2.45) is 13.0 Å². The standard InChI is InChI=1S/C23H28IN7O3/c1-3-17-19(31-10-4-5-15(13-31)11-21(32)33)7-6-18(27-17)22-20(30(2)29-28-22)14-34-23-25-9-8-16(12-24)26-23/h6-9,15H,3-5,10-14H2,1-2H3,(H,32,33). The average molecular weight is 577 g/mol. The third-order valence-corrected chi connectivity index (χ3v) is 6.74. The van der Waals surface area contributed by atoms with E-state index in [0.29, 0.717) is 11.7 Å². The Hall–Kier alpha value is -2.83. The van der Waals surface area contributed by atoms with E-state index in [2.05, 4.69) is 60.8 Å². The highest BCUT2D eigenvalue weighted by Crippen LogP contribution is 2.30. The molecule has 0 bridgehead atoms. The molecule has 0 amide bonds. The third kappa shape index (κ3) is 5.62. The number of pyridine rings is 1. The predicted octanol–water partition coefficient (Wildman–Crippen LogP) is 3.43. The second-order valence-electron chi connectivity index (χ2n) is 8.33. The number of aromatic nitrogens is 6. The fourth-order valence-corrected chi connectivity index (χ4v) is 4.69. The number of piperidine rings is 1. The molecule has 3 aromatic rings. The summed E-state index contributed by atoms with van der Waals surface area (Å²) in [4.78, 5) is 26.9. The summed E-state index contributed by atoms with van der Waals surface area (Å²) in [6.45, 7) is 3.94. The Balaban J connectivity index is 1.55. The van der Waals surface area contributed by atoms with E-state index in [9.17, 15) is 9.90 Å². The lowest BCUT2D eigenvalue weighted by Crippen LogP contribution is -2.37. The first-order valence-corrected chi connectivity index (χ1v) is 12.9. The molecule has 1 saturated heterocycles. The molecule has 1 fully saturated rings. The lowest BCUT2D eigenvalue weighted by Gasteiger charge is -2.34. The van der Waals surface area contributed by atoms with E-state index in [-0.39, 0.29) is 18.9 Å². The van der Waals surface area contributed by atoms with Crippen molar-refractivity contribution in [1.29, 1.82) is 0 Å². The molecule has 4 rings (SSSR count). The van der Waals surface area contributed by atoms with Gasteiger partial charge in [0.2, 0.25) is 0 Å². The van der Waals surface area contributed by atoms with Gasteiger partial charge in [-0.3, -0.25) is 4.79 Å². The molecule has 34 heavy (non-hydrogen) atoms. The monoisotopic (exact) mass is 577 g/mol. The first-order chi connectivity index (χ1) is 16.5. The molecular weight excluding hydrogens is 549 g/mol. The maximum absolute atomic E-state index is 11.2. The molecule has 180 valence electrons.